The Labute approximate surface area is 128 Å². The van der Waals surface area contributed by atoms with Crippen molar-refractivity contribution in [2.75, 3.05) is 13.2 Å². The lowest BCUT2D eigenvalue weighted by molar-refractivity contribution is 0.0391. The minimum Gasteiger partial charge on any atom is -0.394 e. The summed E-state index contributed by atoms with van der Waals surface area (Å²) in [7, 11) is 0. The van der Waals surface area contributed by atoms with E-state index < -0.39 is 5.54 Å². The van der Waals surface area contributed by atoms with Gasteiger partial charge in [-0.05, 0) is 31.4 Å². The summed E-state index contributed by atoms with van der Waals surface area (Å²) < 4.78 is 1.71. The topological polar surface area (TPSA) is 57.8 Å². The Morgan fingerprint density at radius 3 is 3.05 bits per heavy atom. The Kier molecular flexibility index (Phi) is 3.63. The van der Waals surface area contributed by atoms with Crippen LogP contribution < -0.4 is 0 Å². The number of rotatable bonds is 3. The number of carbonyl (C=O) groups excluding carboxylic acids is 1. The number of nitrogens with zero attached hydrogens (tertiary/aromatic N) is 3. The maximum Gasteiger partial charge on any atom is 0.274 e. The highest BCUT2D eigenvalue weighted by Crippen LogP contribution is 2.34. The van der Waals surface area contributed by atoms with E-state index in [0.717, 1.165) is 19.3 Å². The molecule has 2 aromatic heterocycles. The van der Waals surface area contributed by atoms with Gasteiger partial charge in [0.25, 0.3) is 5.91 Å². The lowest BCUT2D eigenvalue weighted by Gasteiger charge is -2.36. The largest absolute Gasteiger partial charge is 0.394 e. The molecule has 21 heavy (non-hydrogen) atoms. The molecule has 1 atom stereocenters. The smallest absolute Gasteiger partial charge is 0.274 e. The molecule has 1 saturated heterocycles. The van der Waals surface area contributed by atoms with Crippen LogP contribution in [0.3, 0.4) is 0 Å². The van der Waals surface area contributed by atoms with E-state index in [-0.39, 0.29) is 17.7 Å². The number of fused-ring (bicyclic) bond motifs is 1. The fraction of sp³-hybridized carbons (Fsp3) is 0.467. The first-order valence-corrected chi connectivity index (χ1v) is 7.56. The van der Waals surface area contributed by atoms with E-state index in [1.807, 2.05) is 25.1 Å². The van der Waals surface area contributed by atoms with Crippen LogP contribution in [0.25, 0.3) is 5.65 Å². The first kappa shape index (κ1) is 14.4. The van der Waals surface area contributed by atoms with Crippen molar-refractivity contribution in [3.8, 4) is 0 Å². The van der Waals surface area contributed by atoms with Gasteiger partial charge in [0.2, 0.25) is 0 Å². The molecule has 0 bridgehead atoms. The number of aliphatic hydroxyl groups is 1. The van der Waals surface area contributed by atoms with Gasteiger partial charge in [0.15, 0.2) is 10.8 Å². The molecule has 0 aliphatic carbocycles. The van der Waals surface area contributed by atoms with Crippen molar-refractivity contribution in [1.82, 2.24) is 14.3 Å². The molecular weight excluding hydrogens is 290 g/mol. The number of aliphatic hydroxyl groups excluding tert-OH is 1. The predicted molar refractivity (Wildman–Crippen MR) is 80.6 cm³/mol. The highest BCUT2D eigenvalue weighted by atomic mass is 35.5. The van der Waals surface area contributed by atoms with Gasteiger partial charge in [-0.3, -0.25) is 9.20 Å². The zero-order chi connectivity index (χ0) is 15.0. The summed E-state index contributed by atoms with van der Waals surface area (Å²) in [5.41, 5.74) is 0.552. The van der Waals surface area contributed by atoms with E-state index in [1.54, 1.807) is 15.5 Å². The molecule has 1 aliphatic rings. The highest BCUT2D eigenvalue weighted by Gasteiger charge is 2.43. The number of hydrogen-bond acceptors (Lipinski definition) is 3. The Morgan fingerprint density at radius 2 is 2.33 bits per heavy atom. The molecule has 3 heterocycles. The summed E-state index contributed by atoms with van der Waals surface area (Å²) in [5.74, 6) is -0.160. The molecule has 0 radical (unpaired) electrons. The van der Waals surface area contributed by atoms with Gasteiger partial charge in [-0.25, -0.2) is 4.98 Å². The maximum absolute atomic E-state index is 12.9. The van der Waals surface area contributed by atoms with E-state index in [1.165, 1.54) is 0 Å². The van der Waals surface area contributed by atoms with E-state index in [9.17, 15) is 9.90 Å². The Hall–Kier alpha value is -1.59. The number of hydrogen-bond donors (Lipinski definition) is 1. The van der Waals surface area contributed by atoms with Crippen molar-refractivity contribution < 1.29 is 9.90 Å². The second-order valence-corrected chi connectivity index (χ2v) is 5.83. The molecule has 112 valence electrons. The number of halogens is 1. The van der Waals surface area contributed by atoms with Crippen molar-refractivity contribution in [3.05, 3.63) is 35.2 Å². The van der Waals surface area contributed by atoms with Gasteiger partial charge in [0.05, 0.1) is 12.1 Å². The summed E-state index contributed by atoms with van der Waals surface area (Å²) in [6.45, 7) is 2.62. The first-order valence-electron chi connectivity index (χ1n) is 7.18. The Morgan fingerprint density at radius 1 is 1.52 bits per heavy atom. The molecule has 0 aromatic carbocycles. The van der Waals surface area contributed by atoms with Crippen molar-refractivity contribution in [3.63, 3.8) is 0 Å². The van der Waals surface area contributed by atoms with Gasteiger partial charge in [-0.15, -0.1) is 0 Å². The first-order chi connectivity index (χ1) is 10.1. The number of imidazole rings is 1. The van der Waals surface area contributed by atoms with Crippen molar-refractivity contribution in [2.24, 2.45) is 0 Å². The van der Waals surface area contributed by atoms with Crippen LogP contribution in [0.2, 0.25) is 5.15 Å². The molecule has 1 aliphatic heterocycles. The number of amides is 1. The number of likely N-dealkylation sites (tertiary alicyclic amines) is 1. The van der Waals surface area contributed by atoms with E-state index in [2.05, 4.69) is 4.98 Å². The van der Waals surface area contributed by atoms with Crippen LogP contribution in [0, 0.1) is 0 Å². The fourth-order valence-corrected chi connectivity index (χ4v) is 3.44. The van der Waals surface area contributed by atoms with Crippen LogP contribution in [0.5, 0.6) is 0 Å². The second kappa shape index (κ2) is 5.31. The molecule has 0 spiro atoms. The molecule has 1 unspecified atom stereocenters. The van der Waals surface area contributed by atoms with Crippen molar-refractivity contribution >= 4 is 23.2 Å². The Balaban J connectivity index is 2.07. The van der Waals surface area contributed by atoms with Gasteiger partial charge in [-0.1, -0.05) is 24.6 Å². The van der Waals surface area contributed by atoms with Crippen LogP contribution >= 0.6 is 11.6 Å². The SMILES string of the molecule is CCC1(CO)CCCN1C(=O)c1c(Cl)nc2ccccn12. The van der Waals surface area contributed by atoms with Gasteiger partial charge >= 0.3 is 0 Å². The lowest BCUT2D eigenvalue weighted by atomic mass is 9.94. The summed E-state index contributed by atoms with van der Waals surface area (Å²) in [5, 5.41) is 9.98. The summed E-state index contributed by atoms with van der Waals surface area (Å²) in [4.78, 5) is 18.9. The van der Waals surface area contributed by atoms with Crippen molar-refractivity contribution in [1.29, 1.82) is 0 Å². The number of pyridine rings is 1. The lowest BCUT2D eigenvalue weighted by Crippen LogP contribution is -2.50. The molecule has 5 nitrogen and oxygen atoms in total. The highest BCUT2D eigenvalue weighted by molar-refractivity contribution is 6.32. The number of aromatic nitrogens is 2. The normalized spacial score (nSPS) is 22.1. The fourth-order valence-electron chi connectivity index (χ4n) is 3.19. The zero-order valence-electron chi connectivity index (χ0n) is 11.9. The van der Waals surface area contributed by atoms with Gasteiger partial charge in [0, 0.05) is 12.7 Å². The van der Waals surface area contributed by atoms with Crippen LogP contribution in [0.15, 0.2) is 24.4 Å². The maximum atomic E-state index is 12.9. The van der Waals surface area contributed by atoms with Crippen molar-refractivity contribution in [2.45, 2.75) is 31.7 Å². The van der Waals surface area contributed by atoms with Crippen LogP contribution in [0.4, 0.5) is 0 Å². The van der Waals surface area contributed by atoms with E-state index >= 15 is 0 Å². The molecular formula is C15H18ClN3O2. The predicted octanol–water partition coefficient (Wildman–Crippen LogP) is 2.36. The molecule has 3 rings (SSSR count). The zero-order valence-corrected chi connectivity index (χ0v) is 12.7. The minimum atomic E-state index is -0.473. The monoisotopic (exact) mass is 307 g/mol. The van der Waals surface area contributed by atoms with Gasteiger partial charge in [0.1, 0.15) is 5.65 Å². The average molecular weight is 308 g/mol. The van der Waals surface area contributed by atoms with Crippen LogP contribution in [0.1, 0.15) is 36.7 Å². The third-order valence-corrected chi connectivity index (χ3v) is 4.75. The molecule has 1 N–H and O–H groups in total. The molecule has 1 amide bonds. The van der Waals surface area contributed by atoms with Gasteiger partial charge in [-0.2, -0.15) is 0 Å². The third-order valence-electron chi connectivity index (χ3n) is 4.48. The van der Waals surface area contributed by atoms with E-state index in [4.69, 9.17) is 11.6 Å². The molecule has 2 aromatic rings. The quantitative estimate of drug-likeness (QED) is 0.947. The summed E-state index contributed by atoms with van der Waals surface area (Å²) in [6, 6.07) is 5.50. The second-order valence-electron chi connectivity index (χ2n) is 5.48. The molecule has 6 heteroatoms. The molecule has 0 saturated carbocycles. The average Bonchev–Trinajstić information content (AvgIpc) is 3.07. The standard InChI is InChI=1S/C15H18ClN3O2/c1-2-15(10-20)7-5-9-19(15)14(21)12-13(16)17-11-6-3-4-8-18(11)12/h3-4,6,8,20H,2,5,7,9-10H2,1H3. The number of carbonyl (C=O) groups is 1. The summed E-state index contributed by atoms with van der Waals surface area (Å²) in [6.07, 6.45) is 4.22. The minimum absolute atomic E-state index is 0.0242. The van der Waals surface area contributed by atoms with Gasteiger partial charge < -0.3 is 10.0 Å². The van der Waals surface area contributed by atoms with E-state index in [0.29, 0.717) is 17.9 Å². The Bertz CT molecular complexity index is 679. The van der Waals surface area contributed by atoms with Crippen LogP contribution in [-0.4, -0.2) is 44.0 Å². The third kappa shape index (κ3) is 2.12. The molecule has 1 fully saturated rings. The summed E-state index contributed by atoms with van der Waals surface area (Å²) >= 11 is 6.18. The van der Waals surface area contributed by atoms with Crippen LogP contribution in [-0.2, 0) is 0 Å².